The molecule has 4 atom stereocenters. The van der Waals surface area contributed by atoms with E-state index in [1.807, 2.05) is 14.1 Å². The molecule has 2 bridgehead atoms. The van der Waals surface area contributed by atoms with E-state index in [-0.39, 0.29) is 6.10 Å². The third kappa shape index (κ3) is 2.03. The van der Waals surface area contributed by atoms with Crippen LogP contribution in [-0.2, 0) is 0 Å². The van der Waals surface area contributed by atoms with Gasteiger partial charge in [-0.2, -0.15) is 0 Å². The SMILES string of the molecule is CN(C)c1ccc(C(O)C2CC3CCC2C3)cc1. The van der Waals surface area contributed by atoms with Gasteiger partial charge < -0.3 is 10.0 Å². The lowest BCUT2D eigenvalue weighted by molar-refractivity contribution is 0.0745. The van der Waals surface area contributed by atoms with E-state index < -0.39 is 0 Å². The first kappa shape index (κ1) is 12.0. The van der Waals surface area contributed by atoms with Crippen LogP contribution < -0.4 is 4.90 Å². The van der Waals surface area contributed by atoms with Gasteiger partial charge in [-0.15, -0.1) is 0 Å². The van der Waals surface area contributed by atoms with Gasteiger partial charge in [0, 0.05) is 19.8 Å². The average molecular weight is 245 g/mol. The van der Waals surface area contributed by atoms with Crippen molar-refractivity contribution in [2.24, 2.45) is 17.8 Å². The quantitative estimate of drug-likeness (QED) is 0.884. The second kappa shape index (κ2) is 4.58. The third-order valence-corrected chi connectivity index (χ3v) is 4.95. The molecule has 1 N–H and O–H groups in total. The number of rotatable bonds is 3. The molecule has 98 valence electrons. The highest BCUT2D eigenvalue weighted by atomic mass is 16.3. The van der Waals surface area contributed by atoms with Gasteiger partial charge in [-0.05, 0) is 54.7 Å². The average Bonchev–Trinajstić information content (AvgIpc) is 3.00. The second-order valence-electron chi connectivity index (χ2n) is 6.27. The van der Waals surface area contributed by atoms with Crippen LogP contribution in [0.15, 0.2) is 24.3 Å². The molecule has 1 aromatic carbocycles. The largest absolute Gasteiger partial charge is 0.388 e. The number of aliphatic hydroxyl groups is 1. The van der Waals surface area contributed by atoms with Crippen LogP contribution >= 0.6 is 0 Å². The van der Waals surface area contributed by atoms with Gasteiger partial charge in [0.15, 0.2) is 0 Å². The van der Waals surface area contributed by atoms with Gasteiger partial charge in [-0.3, -0.25) is 0 Å². The standard InChI is InChI=1S/C16H23NO/c1-17(2)14-7-5-12(6-8-14)16(18)15-10-11-3-4-13(15)9-11/h5-8,11,13,15-16,18H,3-4,9-10H2,1-2H3. The molecular formula is C16H23NO. The molecule has 2 heteroatoms. The van der Waals surface area contributed by atoms with Crippen molar-refractivity contribution in [3.8, 4) is 0 Å². The molecule has 1 aromatic rings. The van der Waals surface area contributed by atoms with E-state index in [1.54, 1.807) is 0 Å². The predicted octanol–water partition coefficient (Wildman–Crippen LogP) is 3.22. The van der Waals surface area contributed by atoms with E-state index in [4.69, 9.17) is 0 Å². The molecule has 18 heavy (non-hydrogen) atoms. The van der Waals surface area contributed by atoms with Crippen LogP contribution in [0.4, 0.5) is 5.69 Å². The molecule has 2 saturated carbocycles. The van der Waals surface area contributed by atoms with Crippen molar-refractivity contribution in [3.05, 3.63) is 29.8 Å². The molecule has 0 saturated heterocycles. The summed E-state index contributed by atoms with van der Waals surface area (Å²) in [5.41, 5.74) is 2.29. The van der Waals surface area contributed by atoms with Gasteiger partial charge in [0.1, 0.15) is 0 Å². The van der Waals surface area contributed by atoms with Crippen LogP contribution in [-0.4, -0.2) is 19.2 Å². The second-order valence-corrected chi connectivity index (χ2v) is 6.27. The van der Waals surface area contributed by atoms with E-state index in [0.29, 0.717) is 5.92 Å². The Labute approximate surface area is 110 Å². The number of aliphatic hydroxyl groups excluding tert-OH is 1. The van der Waals surface area contributed by atoms with Crippen LogP contribution in [0.1, 0.15) is 37.4 Å². The van der Waals surface area contributed by atoms with E-state index >= 15 is 0 Å². The minimum absolute atomic E-state index is 0.253. The zero-order chi connectivity index (χ0) is 12.7. The Morgan fingerprint density at radius 1 is 1.11 bits per heavy atom. The summed E-state index contributed by atoms with van der Waals surface area (Å²) < 4.78 is 0. The van der Waals surface area contributed by atoms with Gasteiger partial charge in [0.2, 0.25) is 0 Å². The minimum Gasteiger partial charge on any atom is -0.388 e. The van der Waals surface area contributed by atoms with Gasteiger partial charge in [0.25, 0.3) is 0 Å². The molecule has 2 nitrogen and oxygen atoms in total. The summed E-state index contributed by atoms with van der Waals surface area (Å²) >= 11 is 0. The maximum atomic E-state index is 10.6. The third-order valence-electron chi connectivity index (χ3n) is 4.95. The van der Waals surface area contributed by atoms with E-state index in [9.17, 15) is 5.11 Å². The molecule has 0 radical (unpaired) electrons. The molecule has 2 fully saturated rings. The van der Waals surface area contributed by atoms with Crippen LogP contribution in [0, 0.1) is 17.8 Å². The fourth-order valence-electron chi connectivity index (χ4n) is 3.90. The van der Waals surface area contributed by atoms with Gasteiger partial charge in [-0.1, -0.05) is 18.6 Å². The highest BCUT2D eigenvalue weighted by molar-refractivity contribution is 5.46. The molecule has 0 aliphatic heterocycles. The maximum Gasteiger partial charge on any atom is 0.0820 e. The fourth-order valence-corrected chi connectivity index (χ4v) is 3.90. The summed E-state index contributed by atoms with van der Waals surface area (Å²) in [6.45, 7) is 0. The van der Waals surface area contributed by atoms with Crippen LogP contribution in [0.25, 0.3) is 0 Å². The summed E-state index contributed by atoms with van der Waals surface area (Å²) in [5.74, 6) is 2.18. The first-order chi connectivity index (χ1) is 8.65. The number of fused-ring (bicyclic) bond motifs is 2. The summed E-state index contributed by atoms with van der Waals surface area (Å²) in [6.07, 6.45) is 5.07. The summed E-state index contributed by atoms with van der Waals surface area (Å²) in [7, 11) is 4.09. The first-order valence-electron chi connectivity index (χ1n) is 7.10. The van der Waals surface area contributed by atoms with Crippen molar-refractivity contribution in [2.75, 3.05) is 19.0 Å². The molecule has 4 unspecified atom stereocenters. The maximum absolute atomic E-state index is 10.6. The summed E-state index contributed by atoms with van der Waals surface area (Å²) in [5, 5.41) is 10.6. The molecule has 0 aromatic heterocycles. The number of anilines is 1. The van der Waals surface area contributed by atoms with Crippen LogP contribution in [0.3, 0.4) is 0 Å². The van der Waals surface area contributed by atoms with Crippen LogP contribution in [0.5, 0.6) is 0 Å². The summed E-state index contributed by atoms with van der Waals surface area (Å²) in [6, 6.07) is 8.38. The number of hydrogen-bond acceptors (Lipinski definition) is 2. The Kier molecular flexibility index (Phi) is 3.06. The van der Waals surface area contributed by atoms with E-state index in [2.05, 4.69) is 29.2 Å². The van der Waals surface area contributed by atoms with E-state index in [1.165, 1.54) is 31.4 Å². The highest BCUT2D eigenvalue weighted by Gasteiger charge is 2.42. The molecule has 0 spiro atoms. The smallest absolute Gasteiger partial charge is 0.0820 e. The topological polar surface area (TPSA) is 23.5 Å². The Balaban J connectivity index is 1.74. The Bertz CT molecular complexity index is 412. The summed E-state index contributed by atoms with van der Waals surface area (Å²) in [4.78, 5) is 2.09. The molecular weight excluding hydrogens is 222 g/mol. The van der Waals surface area contributed by atoms with Crippen molar-refractivity contribution >= 4 is 5.69 Å². The number of hydrogen-bond donors (Lipinski definition) is 1. The van der Waals surface area contributed by atoms with Gasteiger partial charge in [-0.25, -0.2) is 0 Å². The Hall–Kier alpha value is -1.02. The van der Waals surface area contributed by atoms with Crippen molar-refractivity contribution < 1.29 is 5.11 Å². The number of benzene rings is 1. The molecule has 3 rings (SSSR count). The van der Waals surface area contributed by atoms with Crippen LogP contribution in [0.2, 0.25) is 0 Å². The minimum atomic E-state index is -0.253. The van der Waals surface area contributed by atoms with Crippen molar-refractivity contribution in [1.82, 2.24) is 0 Å². The van der Waals surface area contributed by atoms with Crippen molar-refractivity contribution in [1.29, 1.82) is 0 Å². The molecule has 2 aliphatic carbocycles. The highest BCUT2D eigenvalue weighted by Crippen LogP contribution is 2.52. The molecule has 0 heterocycles. The van der Waals surface area contributed by atoms with Crippen molar-refractivity contribution in [3.63, 3.8) is 0 Å². The van der Waals surface area contributed by atoms with E-state index in [0.717, 1.165) is 17.4 Å². The lowest BCUT2D eigenvalue weighted by Crippen LogP contribution is -2.19. The Morgan fingerprint density at radius 3 is 2.33 bits per heavy atom. The zero-order valence-electron chi connectivity index (χ0n) is 11.3. The lowest BCUT2D eigenvalue weighted by atomic mass is 9.82. The fraction of sp³-hybridized carbons (Fsp3) is 0.625. The van der Waals surface area contributed by atoms with Gasteiger partial charge in [0.05, 0.1) is 6.10 Å². The van der Waals surface area contributed by atoms with Gasteiger partial charge >= 0.3 is 0 Å². The monoisotopic (exact) mass is 245 g/mol. The normalized spacial score (nSPS) is 31.6. The molecule has 2 aliphatic rings. The zero-order valence-corrected chi connectivity index (χ0v) is 11.3. The van der Waals surface area contributed by atoms with Crippen molar-refractivity contribution in [2.45, 2.75) is 31.8 Å². The first-order valence-corrected chi connectivity index (χ1v) is 7.10. The molecule has 0 amide bonds. The lowest BCUT2D eigenvalue weighted by Gasteiger charge is -2.27. The predicted molar refractivity (Wildman–Crippen MR) is 74.7 cm³/mol. The Morgan fingerprint density at radius 2 is 1.83 bits per heavy atom. The number of nitrogens with zero attached hydrogens (tertiary/aromatic N) is 1.